The van der Waals surface area contributed by atoms with E-state index in [4.69, 9.17) is 4.74 Å². The molecule has 2 aromatic rings. The third-order valence-electron chi connectivity index (χ3n) is 3.05. The van der Waals surface area contributed by atoms with Crippen LogP contribution >= 0.6 is 11.3 Å². The van der Waals surface area contributed by atoms with E-state index in [1.807, 2.05) is 48.0 Å². The highest BCUT2D eigenvalue weighted by Gasteiger charge is 2.14. The number of ether oxygens (including phenoxy) is 1. The van der Waals surface area contributed by atoms with E-state index in [9.17, 15) is 4.79 Å². The predicted molar refractivity (Wildman–Crippen MR) is 77.6 cm³/mol. The van der Waals surface area contributed by atoms with Gasteiger partial charge in [-0.3, -0.25) is 4.79 Å². The summed E-state index contributed by atoms with van der Waals surface area (Å²) in [4.78, 5) is 11.9. The molecular formula is C15H17NO2S. The number of carbonyl (C=O) groups is 1. The fraction of sp³-hybridized carbons (Fsp3) is 0.267. The molecule has 0 saturated heterocycles. The molecule has 0 bridgehead atoms. The van der Waals surface area contributed by atoms with Gasteiger partial charge in [-0.15, -0.1) is 0 Å². The molecule has 0 aliphatic heterocycles. The molecule has 4 heteroatoms. The molecule has 3 nitrogen and oxygen atoms in total. The largest absolute Gasteiger partial charge is 0.375 e. The van der Waals surface area contributed by atoms with Crippen molar-refractivity contribution < 1.29 is 9.53 Å². The number of carbonyl (C=O) groups excluding carboxylic acids is 1. The van der Waals surface area contributed by atoms with E-state index >= 15 is 0 Å². The summed E-state index contributed by atoms with van der Waals surface area (Å²) in [6, 6.07) is 9.86. The maximum atomic E-state index is 11.9. The van der Waals surface area contributed by atoms with Crippen LogP contribution in [0.2, 0.25) is 0 Å². The second kappa shape index (κ2) is 6.50. The summed E-state index contributed by atoms with van der Waals surface area (Å²) in [5, 5.41) is 6.64. The summed E-state index contributed by atoms with van der Waals surface area (Å²) < 4.78 is 5.47. The van der Waals surface area contributed by atoms with Gasteiger partial charge in [-0.25, -0.2) is 0 Å². The van der Waals surface area contributed by atoms with Gasteiger partial charge in [0, 0.05) is 24.6 Å². The number of nitrogens with one attached hydrogen (secondary N) is 1. The Morgan fingerprint density at radius 3 is 2.79 bits per heavy atom. The first-order valence-corrected chi connectivity index (χ1v) is 7.05. The zero-order valence-corrected chi connectivity index (χ0v) is 11.9. The van der Waals surface area contributed by atoms with Gasteiger partial charge in [-0.05, 0) is 29.5 Å². The number of benzene rings is 1. The van der Waals surface area contributed by atoms with Crippen LogP contribution in [-0.4, -0.2) is 19.6 Å². The van der Waals surface area contributed by atoms with Gasteiger partial charge in [0.05, 0.1) is 6.10 Å². The third kappa shape index (κ3) is 3.43. The highest BCUT2D eigenvalue weighted by molar-refractivity contribution is 7.08. The molecule has 1 heterocycles. The summed E-state index contributed by atoms with van der Waals surface area (Å²) >= 11 is 1.51. The van der Waals surface area contributed by atoms with Crippen molar-refractivity contribution in [3.63, 3.8) is 0 Å². The Bertz CT molecular complexity index is 537. The number of rotatable bonds is 5. The van der Waals surface area contributed by atoms with Gasteiger partial charge in [-0.1, -0.05) is 24.3 Å². The van der Waals surface area contributed by atoms with Crippen molar-refractivity contribution in [3.8, 4) is 0 Å². The molecule has 1 amide bonds. The lowest BCUT2D eigenvalue weighted by atomic mass is 10.0. The van der Waals surface area contributed by atoms with Crippen LogP contribution in [0.4, 0.5) is 0 Å². The van der Waals surface area contributed by atoms with Crippen LogP contribution in [0.5, 0.6) is 0 Å². The molecule has 1 unspecified atom stereocenters. The molecule has 0 fully saturated rings. The molecule has 0 spiro atoms. The SMILES string of the molecule is COC(CNC(=O)c1ccsc1)c1ccccc1C. The zero-order valence-electron chi connectivity index (χ0n) is 11.1. The number of hydrogen-bond donors (Lipinski definition) is 1. The number of aryl methyl sites for hydroxylation is 1. The van der Waals surface area contributed by atoms with Crippen LogP contribution in [-0.2, 0) is 4.74 Å². The number of methoxy groups -OCH3 is 1. The first-order valence-electron chi connectivity index (χ1n) is 6.11. The summed E-state index contributed by atoms with van der Waals surface area (Å²) in [6.07, 6.45) is -0.121. The highest BCUT2D eigenvalue weighted by Crippen LogP contribution is 2.19. The Balaban J connectivity index is 2.01. The molecule has 1 atom stereocenters. The van der Waals surface area contributed by atoms with E-state index in [0.29, 0.717) is 12.1 Å². The first-order chi connectivity index (χ1) is 9.22. The molecule has 0 aliphatic carbocycles. The molecule has 0 saturated carbocycles. The first kappa shape index (κ1) is 13.8. The van der Waals surface area contributed by atoms with E-state index in [1.165, 1.54) is 16.9 Å². The van der Waals surface area contributed by atoms with E-state index in [1.54, 1.807) is 7.11 Å². The van der Waals surface area contributed by atoms with Crippen molar-refractivity contribution in [1.82, 2.24) is 5.32 Å². The van der Waals surface area contributed by atoms with Crippen LogP contribution in [0.1, 0.15) is 27.6 Å². The summed E-state index contributed by atoms with van der Waals surface area (Å²) in [5.74, 6) is -0.0584. The Hall–Kier alpha value is -1.65. The van der Waals surface area contributed by atoms with Gasteiger partial charge < -0.3 is 10.1 Å². The van der Waals surface area contributed by atoms with Crippen molar-refractivity contribution in [2.24, 2.45) is 0 Å². The van der Waals surface area contributed by atoms with E-state index < -0.39 is 0 Å². The topological polar surface area (TPSA) is 38.3 Å². The minimum atomic E-state index is -0.121. The van der Waals surface area contributed by atoms with E-state index in [-0.39, 0.29) is 12.0 Å². The van der Waals surface area contributed by atoms with Gasteiger partial charge >= 0.3 is 0 Å². The maximum absolute atomic E-state index is 11.9. The van der Waals surface area contributed by atoms with Crippen LogP contribution in [0.15, 0.2) is 41.1 Å². The van der Waals surface area contributed by atoms with Gasteiger partial charge in [0.25, 0.3) is 5.91 Å². The fourth-order valence-electron chi connectivity index (χ4n) is 1.95. The molecule has 1 N–H and O–H groups in total. The number of hydrogen-bond acceptors (Lipinski definition) is 3. The second-order valence-electron chi connectivity index (χ2n) is 4.30. The maximum Gasteiger partial charge on any atom is 0.252 e. The van der Waals surface area contributed by atoms with Gasteiger partial charge in [0.2, 0.25) is 0 Å². The van der Waals surface area contributed by atoms with Crippen molar-refractivity contribution in [3.05, 3.63) is 57.8 Å². The second-order valence-corrected chi connectivity index (χ2v) is 5.08. The van der Waals surface area contributed by atoms with Crippen molar-refractivity contribution in [2.45, 2.75) is 13.0 Å². The fourth-order valence-corrected chi connectivity index (χ4v) is 2.59. The van der Waals surface area contributed by atoms with Gasteiger partial charge in [-0.2, -0.15) is 11.3 Å². The van der Waals surface area contributed by atoms with Crippen LogP contribution in [0.25, 0.3) is 0 Å². The molecule has 19 heavy (non-hydrogen) atoms. The molecule has 100 valence electrons. The molecule has 2 rings (SSSR count). The normalized spacial score (nSPS) is 12.1. The zero-order chi connectivity index (χ0) is 13.7. The smallest absolute Gasteiger partial charge is 0.252 e. The predicted octanol–water partition coefficient (Wildman–Crippen LogP) is 3.17. The standard InChI is InChI=1S/C15H17NO2S/c1-11-5-3-4-6-13(11)14(18-2)9-16-15(17)12-7-8-19-10-12/h3-8,10,14H,9H2,1-2H3,(H,16,17). The Morgan fingerprint density at radius 1 is 1.37 bits per heavy atom. The van der Waals surface area contributed by atoms with Gasteiger partial charge in [0.1, 0.15) is 0 Å². The van der Waals surface area contributed by atoms with Crippen LogP contribution in [0, 0.1) is 6.92 Å². The summed E-state index contributed by atoms with van der Waals surface area (Å²) in [7, 11) is 1.66. The lowest BCUT2D eigenvalue weighted by Crippen LogP contribution is -2.29. The lowest BCUT2D eigenvalue weighted by Gasteiger charge is -2.18. The average Bonchev–Trinajstić information content (AvgIpc) is 2.95. The quantitative estimate of drug-likeness (QED) is 0.910. The molecule has 0 radical (unpaired) electrons. The summed E-state index contributed by atoms with van der Waals surface area (Å²) in [5.41, 5.74) is 2.97. The third-order valence-corrected chi connectivity index (χ3v) is 3.73. The van der Waals surface area contributed by atoms with E-state index in [0.717, 1.165) is 5.56 Å². The van der Waals surface area contributed by atoms with Crippen molar-refractivity contribution >= 4 is 17.2 Å². The Morgan fingerprint density at radius 2 is 2.16 bits per heavy atom. The Kier molecular flexibility index (Phi) is 4.71. The average molecular weight is 275 g/mol. The minimum Gasteiger partial charge on any atom is -0.375 e. The molecular weight excluding hydrogens is 258 g/mol. The van der Waals surface area contributed by atoms with E-state index in [2.05, 4.69) is 5.32 Å². The molecule has 0 aliphatic rings. The van der Waals surface area contributed by atoms with Crippen molar-refractivity contribution in [2.75, 3.05) is 13.7 Å². The van der Waals surface area contributed by atoms with Crippen LogP contribution < -0.4 is 5.32 Å². The number of thiophene rings is 1. The van der Waals surface area contributed by atoms with Gasteiger partial charge in [0.15, 0.2) is 0 Å². The number of amides is 1. The Labute approximate surface area is 117 Å². The summed E-state index contributed by atoms with van der Waals surface area (Å²) in [6.45, 7) is 2.51. The lowest BCUT2D eigenvalue weighted by molar-refractivity contribution is 0.0826. The molecule has 1 aromatic carbocycles. The monoisotopic (exact) mass is 275 g/mol. The highest BCUT2D eigenvalue weighted by atomic mass is 32.1. The molecule has 1 aromatic heterocycles. The minimum absolute atomic E-state index is 0.0584. The van der Waals surface area contributed by atoms with Crippen LogP contribution in [0.3, 0.4) is 0 Å². The van der Waals surface area contributed by atoms with Crippen molar-refractivity contribution in [1.29, 1.82) is 0 Å².